The van der Waals surface area contributed by atoms with Crippen LogP contribution in [-0.2, 0) is 9.53 Å². The predicted molar refractivity (Wildman–Crippen MR) is 74.4 cm³/mol. The molecular formula is C13H13Cl2NO2. The van der Waals surface area contributed by atoms with Crippen molar-refractivity contribution in [3.8, 4) is 0 Å². The van der Waals surface area contributed by atoms with E-state index in [1.54, 1.807) is 37.3 Å². The van der Waals surface area contributed by atoms with Crippen molar-refractivity contribution in [3.05, 3.63) is 51.7 Å². The van der Waals surface area contributed by atoms with Crippen LogP contribution < -0.4 is 5.73 Å². The summed E-state index contributed by atoms with van der Waals surface area (Å²) in [6, 6.07) is 5.12. The maximum atomic E-state index is 11.1. The molecule has 3 nitrogen and oxygen atoms in total. The summed E-state index contributed by atoms with van der Waals surface area (Å²) in [5.41, 5.74) is 6.69. The summed E-state index contributed by atoms with van der Waals surface area (Å²) in [6.45, 7) is 2.04. The molecule has 0 fully saturated rings. The van der Waals surface area contributed by atoms with E-state index >= 15 is 0 Å². The molecule has 0 spiro atoms. The molecule has 2 N–H and O–H groups in total. The first kappa shape index (κ1) is 14.6. The van der Waals surface area contributed by atoms with Crippen LogP contribution in [0.4, 0.5) is 0 Å². The van der Waals surface area contributed by atoms with E-state index in [-0.39, 0.29) is 0 Å². The van der Waals surface area contributed by atoms with Gasteiger partial charge >= 0.3 is 5.97 Å². The molecular weight excluding hydrogens is 273 g/mol. The number of ether oxygens (including phenoxy) is 1. The molecule has 0 saturated heterocycles. The minimum absolute atomic E-state index is 0.291. The number of halogens is 2. The molecule has 0 aliphatic rings. The van der Waals surface area contributed by atoms with Crippen molar-refractivity contribution in [1.82, 2.24) is 0 Å². The first-order valence-electron chi connectivity index (χ1n) is 5.30. The highest BCUT2D eigenvalue weighted by atomic mass is 35.5. The van der Waals surface area contributed by atoms with Gasteiger partial charge in [0.15, 0.2) is 0 Å². The molecule has 1 aromatic carbocycles. The van der Waals surface area contributed by atoms with Crippen LogP contribution in [0.5, 0.6) is 0 Å². The molecule has 0 atom stereocenters. The van der Waals surface area contributed by atoms with E-state index in [4.69, 9.17) is 33.7 Å². The summed E-state index contributed by atoms with van der Waals surface area (Å²) >= 11 is 11.8. The number of benzene rings is 1. The molecule has 5 heteroatoms. The van der Waals surface area contributed by atoms with Gasteiger partial charge in [0, 0.05) is 21.8 Å². The van der Waals surface area contributed by atoms with Crippen molar-refractivity contribution >= 4 is 35.2 Å². The first-order valence-corrected chi connectivity index (χ1v) is 6.05. The molecule has 0 heterocycles. The molecule has 0 aliphatic carbocycles. The van der Waals surface area contributed by atoms with E-state index < -0.39 is 5.97 Å². The van der Waals surface area contributed by atoms with E-state index in [0.717, 1.165) is 5.56 Å². The van der Waals surface area contributed by atoms with Gasteiger partial charge in [-0.05, 0) is 30.7 Å². The van der Waals surface area contributed by atoms with Crippen LogP contribution in [-0.4, -0.2) is 12.6 Å². The normalized spacial score (nSPS) is 11.8. The SMILES string of the molecule is CCOC(=O)/C=C(N)\C=C\c1ccc(Cl)cc1Cl. The summed E-state index contributed by atoms with van der Waals surface area (Å²) in [7, 11) is 0. The zero-order valence-corrected chi connectivity index (χ0v) is 11.3. The highest BCUT2D eigenvalue weighted by Crippen LogP contribution is 2.22. The van der Waals surface area contributed by atoms with Gasteiger partial charge in [-0.2, -0.15) is 0 Å². The smallest absolute Gasteiger partial charge is 0.332 e. The second kappa shape index (κ2) is 7.09. The van der Waals surface area contributed by atoms with Gasteiger partial charge in [-0.1, -0.05) is 35.3 Å². The van der Waals surface area contributed by atoms with Crippen molar-refractivity contribution in [2.75, 3.05) is 6.61 Å². The summed E-state index contributed by atoms with van der Waals surface area (Å²) < 4.78 is 4.73. The summed E-state index contributed by atoms with van der Waals surface area (Å²) in [6.07, 6.45) is 4.49. The molecule has 0 bridgehead atoms. The third-order valence-corrected chi connectivity index (χ3v) is 2.55. The number of carbonyl (C=O) groups excluding carboxylic acids is 1. The zero-order valence-electron chi connectivity index (χ0n) is 9.82. The van der Waals surface area contributed by atoms with Crippen LogP contribution in [0.3, 0.4) is 0 Å². The van der Waals surface area contributed by atoms with Gasteiger partial charge in [-0.3, -0.25) is 0 Å². The van der Waals surface area contributed by atoms with Gasteiger partial charge < -0.3 is 10.5 Å². The quantitative estimate of drug-likeness (QED) is 0.524. The fourth-order valence-corrected chi connectivity index (χ4v) is 1.66. The molecule has 18 heavy (non-hydrogen) atoms. The Morgan fingerprint density at radius 2 is 2.17 bits per heavy atom. The monoisotopic (exact) mass is 285 g/mol. The fraction of sp³-hybridized carbons (Fsp3) is 0.154. The van der Waals surface area contributed by atoms with E-state index in [2.05, 4.69) is 0 Å². The summed E-state index contributed by atoms with van der Waals surface area (Å²) in [5, 5.41) is 1.08. The highest BCUT2D eigenvalue weighted by molar-refractivity contribution is 6.35. The van der Waals surface area contributed by atoms with Gasteiger partial charge in [0.25, 0.3) is 0 Å². The lowest BCUT2D eigenvalue weighted by molar-refractivity contribution is -0.137. The summed E-state index contributed by atoms with van der Waals surface area (Å²) in [5.74, 6) is -0.471. The second-order valence-corrected chi connectivity index (χ2v) is 4.24. The highest BCUT2D eigenvalue weighted by Gasteiger charge is 1.99. The Kier molecular flexibility index (Phi) is 5.75. The third-order valence-electron chi connectivity index (χ3n) is 1.99. The average molecular weight is 286 g/mol. The number of hydrogen-bond donors (Lipinski definition) is 1. The number of esters is 1. The van der Waals surface area contributed by atoms with Gasteiger partial charge in [-0.25, -0.2) is 4.79 Å². The minimum Gasteiger partial charge on any atom is -0.463 e. The van der Waals surface area contributed by atoms with Crippen LogP contribution >= 0.6 is 23.2 Å². The zero-order chi connectivity index (χ0) is 13.5. The number of carbonyl (C=O) groups is 1. The van der Waals surface area contributed by atoms with Gasteiger partial charge in [0.2, 0.25) is 0 Å². The molecule has 0 radical (unpaired) electrons. The van der Waals surface area contributed by atoms with Crippen molar-refractivity contribution < 1.29 is 9.53 Å². The van der Waals surface area contributed by atoms with E-state index in [1.807, 2.05) is 0 Å². The van der Waals surface area contributed by atoms with Crippen molar-refractivity contribution in [3.63, 3.8) is 0 Å². The Bertz CT molecular complexity index is 496. The van der Waals surface area contributed by atoms with Crippen molar-refractivity contribution in [2.45, 2.75) is 6.92 Å². The maximum absolute atomic E-state index is 11.1. The Hall–Kier alpha value is -1.45. The molecule has 1 aromatic rings. The number of hydrogen-bond acceptors (Lipinski definition) is 3. The molecule has 0 amide bonds. The largest absolute Gasteiger partial charge is 0.463 e. The van der Waals surface area contributed by atoms with Crippen LogP contribution in [0.25, 0.3) is 6.08 Å². The Morgan fingerprint density at radius 1 is 1.44 bits per heavy atom. The number of rotatable bonds is 4. The Labute approximate surface area is 116 Å². The summed E-state index contributed by atoms with van der Waals surface area (Å²) in [4.78, 5) is 11.1. The van der Waals surface area contributed by atoms with Crippen LogP contribution in [0.15, 0.2) is 36.0 Å². The van der Waals surface area contributed by atoms with E-state index in [1.165, 1.54) is 6.08 Å². The molecule has 0 aliphatic heterocycles. The van der Waals surface area contributed by atoms with Gasteiger partial charge in [-0.15, -0.1) is 0 Å². The van der Waals surface area contributed by atoms with Crippen LogP contribution in [0.2, 0.25) is 10.0 Å². The maximum Gasteiger partial charge on any atom is 0.332 e. The van der Waals surface area contributed by atoms with Crippen LogP contribution in [0.1, 0.15) is 12.5 Å². The van der Waals surface area contributed by atoms with Crippen LogP contribution in [0, 0.1) is 0 Å². The molecule has 0 unspecified atom stereocenters. The van der Waals surface area contributed by atoms with E-state index in [0.29, 0.717) is 22.3 Å². The fourth-order valence-electron chi connectivity index (χ4n) is 1.19. The lowest BCUT2D eigenvalue weighted by Gasteiger charge is -1.99. The minimum atomic E-state index is -0.471. The predicted octanol–water partition coefficient (Wildman–Crippen LogP) is 3.41. The van der Waals surface area contributed by atoms with E-state index in [9.17, 15) is 4.79 Å². The topological polar surface area (TPSA) is 52.3 Å². The third kappa shape index (κ3) is 4.82. The van der Waals surface area contributed by atoms with Crippen molar-refractivity contribution in [2.24, 2.45) is 5.73 Å². The second-order valence-electron chi connectivity index (χ2n) is 3.40. The molecule has 0 aromatic heterocycles. The lowest BCUT2D eigenvalue weighted by atomic mass is 10.2. The number of allylic oxidation sites excluding steroid dienone is 1. The van der Waals surface area contributed by atoms with Gasteiger partial charge in [0.05, 0.1) is 6.61 Å². The Balaban J connectivity index is 2.77. The van der Waals surface area contributed by atoms with Crippen molar-refractivity contribution in [1.29, 1.82) is 0 Å². The average Bonchev–Trinajstić information content (AvgIpc) is 2.28. The van der Waals surface area contributed by atoms with Gasteiger partial charge in [0.1, 0.15) is 0 Å². The molecule has 1 rings (SSSR count). The standard InChI is InChI=1S/C13H13Cl2NO2/c1-2-18-13(17)8-11(16)6-4-9-3-5-10(14)7-12(9)15/h3-8H,2,16H2,1H3/b6-4+,11-8+. The number of nitrogens with two attached hydrogens (primary N) is 1. The first-order chi connectivity index (χ1) is 8.52. The lowest BCUT2D eigenvalue weighted by Crippen LogP contribution is -2.04. The molecule has 96 valence electrons. The Morgan fingerprint density at radius 3 is 2.78 bits per heavy atom. The molecule has 0 saturated carbocycles.